The van der Waals surface area contributed by atoms with Gasteiger partial charge in [-0.05, 0) is 40.8 Å². The van der Waals surface area contributed by atoms with Gasteiger partial charge in [-0.15, -0.1) is 0 Å². The molecule has 0 heterocycles. The van der Waals surface area contributed by atoms with Crippen molar-refractivity contribution in [2.24, 2.45) is 0 Å². The van der Waals surface area contributed by atoms with Gasteiger partial charge in [-0.2, -0.15) is 0 Å². The molecule has 1 fully saturated rings. The lowest BCUT2D eigenvalue weighted by molar-refractivity contribution is -0.139. The smallest absolute Gasteiger partial charge is 0.321 e. The van der Waals surface area contributed by atoms with Gasteiger partial charge in [0.05, 0.1) is 18.6 Å². The van der Waals surface area contributed by atoms with Gasteiger partial charge in [0.15, 0.2) is 0 Å². The fourth-order valence-corrected chi connectivity index (χ4v) is 3.07. The molecule has 0 aromatic carbocycles. The first-order valence-corrected chi connectivity index (χ1v) is 8.06. The van der Waals surface area contributed by atoms with Crippen molar-refractivity contribution < 1.29 is 14.7 Å². The third-order valence-corrected chi connectivity index (χ3v) is 4.39. The van der Waals surface area contributed by atoms with Crippen molar-refractivity contribution in [3.8, 4) is 0 Å². The number of rotatable bonds is 6. The number of carboxylic acid groups (broad SMARTS) is 1. The topological polar surface area (TPSA) is 64.1 Å². The van der Waals surface area contributed by atoms with Gasteiger partial charge in [-0.3, -0.25) is 9.69 Å². The molecule has 2 amide bonds. The van der Waals surface area contributed by atoms with Gasteiger partial charge in [-0.25, -0.2) is 4.79 Å². The maximum Gasteiger partial charge on any atom is 0.321 e. The van der Waals surface area contributed by atoms with Crippen LogP contribution < -0.4 is 0 Å². The van der Waals surface area contributed by atoms with Crippen LogP contribution in [0, 0.1) is 0 Å². The van der Waals surface area contributed by atoms with Crippen LogP contribution in [0.3, 0.4) is 0 Å². The van der Waals surface area contributed by atoms with E-state index in [9.17, 15) is 9.59 Å². The van der Waals surface area contributed by atoms with Gasteiger partial charge in [0.2, 0.25) is 0 Å². The molecule has 0 bridgehead atoms. The first-order chi connectivity index (χ1) is 10.1. The minimum absolute atomic E-state index is 0.0644. The normalized spacial score (nSPS) is 16.6. The Labute approximate surface area is 134 Å². The van der Waals surface area contributed by atoms with E-state index in [1.54, 1.807) is 4.90 Å². The van der Waals surface area contributed by atoms with E-state index in [1.165, 1.54) is 6.42 Å². The zero-order valence-corrected chi connectivity index (χ0v) is 14.6. The number of hydrogen-bond donors (Lipinski definition) is 1. The van der Waals surface area contributed by atoms with Crippen molar-refractivity contribution >= 4 is 12.0 Å². The minimum Gasteiger partial charge on any atom is -0.481 e. The van der Waals surface area contributed by atoms with Gasteiger partial charge in [-0.1, -0.05) is 19.3 Å². The lowest BCUT2D eigenvalue weighted by Crippen LogP contribution is -2.57. The highest BCUT2D eigenvalue weighted by molar-refractivity contribution is 5.77. The molecule has 0 unspecified atom stereocenters. The van der Waals surface area contributed by atoms with Gasteiger partial charge in [0, 0.05) is 13.1 Å². The van der Waals surface area contributed by atoms with E-state index in [-0.39, 0.29) is 18.5 Å². The summed E-state index contributed by atoms with van der Waals surface area (Å²) >= 11 is 0. The number of urea groups is 1. The average Bonchev–Trinajstić information content (AvgIpc) is 2.42. The van der Waals surface area contributed by atoms with E-state index in [2.05, 4.69) is 0 Å². The standard InChI is InChI=1S/C16H31N3O3/c1-16(2,11-14(20)21)19(12-17(3)4)15(22)18(5)13-9-7-6-8-10-13/h13H,6-12H2,1-5H3,(H,20,21). The third-order valence-electron chi connectivity index (χ3n) is 4.39. The second-order valence-corrected chi connectivity index (χ2v) is 7.22. The van der Waals surface area contributed by atoms with E-state index in [0.29, 0.717) is 6.67 Å². The molecule has 1 N–H and O–H groups in total. The van der Waals surface area contributed by atoms with Gasteiger partial charge < -0.3 is 14.9 Å². The molecule has 6 nitrogen and oxygen atoms in total. The van der Waals surface area contributed by atoms with Gasteiger partial charge >= 0.3 is 12.0 Å². The summed E-state index contributed by atoms with van der Waals surface area (Å²) in [5.74, 6) is -0.887. The zero-order chi connectivity index (χ0) is 16.9. The summed E-state index contributed by atoms with van der Waals surface area (Å²) in [4.78, 5) is 29.5. The van der Waals surface area contributed by atoms with Crippen LogP contribution in [0.15, 0.2) is 0 Å². The van der Waals surface area contributed by atoms with Crippen molar-refractivity contribution in [3.05, 3.63) is 0 Å². The molecule has 0 aromatic rings. The molecule has 0 aliphatic heterocycles. The highest BCUT2D eigenvalue weighted by Crippen LogP contribution is 2.26. The molecule has 0 aromatic heterocycles. The van der Waals surface area contributed by atoms with Crippen LogP contribution in [0.2, 0.25) is 0 Å². The van der Waals surface area contributed by atoms with E-state index in [4.69, 9.17) is 5.11 Å². The molecule has 6 heteroatoms. The van der Waals surface area contributed by atoms with E-state index in [0.717, 1.165) is 25.7 Å². The van der Waals surface area contributed by atoms with Gasteiger partial charge in [0.25, 0.3) is 0 Å². The quantitative estimate of drug-likeness (QED) is 0.765. The maximum absolute atomic E-state index is 12.9. The van der Waals surface area contributed by atoms with Crippen LogP contribution in [0.25, 0.3) is 0 Å². The summed E-state index contributed by atoms with van der Waals surface area (Å²) in [5.41, 5.74) is -0.726. The monoisotopic (exact) mass is 313 g/mol. The van der Waals surface area contributed by atoms with Crippen molar-refractivity contribution in [1.29, 1.82) is 0 Å². The fraction of sp³-hybridized carbons (Fsp3) is 0.875. The summed E-state index contributed by atoms with van der Waals surface area (Å²) in [6, 6.07) is 0.193. The number of carboxylic acids is 1. The molecule has 22 heavy (non-hydrogen) atoms. The lowest BCUT2D eigenvalue weighted by atomic mass is 9.94. The van der Waals surface area contributed by atoms with Crippen LogP contribution in [0.4, 0.5) is 4.79 Å². The Morgan fingerprint density at radius 1 is 1.09 bits per heavy atom. The molecule has 1 aliphatic rings. The van der Waals surface area contributed by atoms with Crippen molar-refractivity contribution in [2.45, 2.75) is 64.0 Å². The molecule has 128 valence electrons. The first-order valence-electron chi connectivity index (χ1n) is 8.06. The molecule has 1 rings (SSSR count). The molecule has 0 atom stereocenters. The Morgan fingerprint density at radius 3 is 2.09 bits per heavy atom. The fourth-order valence-electron chi connectivity index (χ4n) is 3.07. The minimum atomic E-state index is -0.887. The summed E-state index contributed by atoms with van der Waals surface area (Å²) in [5, 5.41) is 9.14. The lowest BCUT2D eigenvalue weighted by Gasteiger charge is -2.43. The predicted molar refractivity (Wildman–Crippen MR) is 86.8 cm³/mol. The number of nitrogens with zero attached hydrogens (tertiary/aromatic N) is 3. The van der Waals surface area contributed by atoms with Gasteiger partial charge in [0.1, 0.15) is 0 Å². The third kappa shape index (κ3) is 5.16. The van der Waals surface area contributed by atoms with E-state index < -0.39 is 11.5 Å². The SMILES string of the molecule is CN(C)CN(C(=O)N(C)C1CCCCC1)C(C)(C)CC(=O)O. The molecule has 1 aliphatic carbocycles. The molecule has 1 saturated carbocycles. The Kier molecular flexibility index (Phi) is 6.66. The maximum atomic E-state index is 12.9. The summed E-state index contributed by atoms with van der Waals surface area (Å²) in [7, 11) is 5.62. The second-order valence-electron chi connectivity index (χ2n) is 7.22. The van der Waals surface area contributed by atoms with Crippen LogP contribution >= 0.6 is 0 Å². The summed E-state index contributed by atoms with van der Waals surface area (Å²) in [6.45, 7) is 4.05. The summed E-state index contributed by atoms with van der Waals surface area (Å²) < 4.78 is 0. The predicted octanol–water partition coefficient (Wildman–Crippen LogP) is 2.45. The van der Waals surface area contributed by atoms with Crippen LogP contribution in [0.5, 0.6) is 0 Å². The van der Waals surface area contributed by atoms with Crippen LogP contribution in [0.1, 0.15) is 52.4 Å². The van der Waals surface area contributed by atoms with Crippen molar-refractivity contribution in [3.63, 3.8) is 0 Å². The average molecular weight is 313 g/mol. The largest absolute Gasteiger partial charge is 0.481 e. The Bertz CT molecular complexity index is 390. The number of carbonyl (C=O) groups excluding carboxylic acids is 1. The highest BCUT2D eigenvalue weighted by Gasteiger charge is 2.36. The van der Waals surface area contributed by atoms with Crippen LogP contribution in [-0.4, -0.2) is 71.2 Å². The van der Waals surface area contributed by atoms with E-state index in [1.807, 2.05) is 44.8 Å². The van der Waals surface area contributed by atoms with E-state index >= 15 is 0 Å². The number of aliphatic carboxylic acids is 1. The first kappa shape index (κ1) is 18.7. The Hall–Kier alpha value is -1.30. The van der Waals surface area contributed by atoms with Crippen LogP contribution in [-0.2, 0) is 4.79 Å². The Morgan fingerprint density at radius 2 is 1.64 bits per heavy atom. The zero-order valence-electron chi connectivity index (χ0n) is 14.6. The second kappa shape index (κ2) is 7.81. The number of amides is 2. The molecule has 0 spiro atoms. The molecule has 0 saturated heterocycles. The molecular weight excluding hydrogens is 282 g/mol. The molecular formula is C16H31N3O3. The Balaban J connectivity index is 2.89. The van der Waals surface area contributed by atoms with Crippen molar-refractivity contribution in [2.75, 3.05) is 27.8 Å². The van der Waals surface area contributed by atoms with Crippen molar-refractivity contribution in [1.82, 2.24) is 14.7 Å². The number of carbonyl (C=O) groups is 2. The molecule has 0 radical (unpaired) electrons. The summed E-state index contributed by atoms with van der Waals surface area (Å²) in [6.07, 6.45) is 5.58. The highest BCUT2D eigenvalue weighted by atomic mass is 16.4. The number of hydrogen-bond acceptors (Lipinski definition) is 3.